The first-order valence-corrected chi connectivity index (χ1v) is 6.43. The van der Waals surface area contributed by atoms with Crippen molar-refractivity contribution in [3.05, 3.63) is 0 Å². The number of rotatable bonds is 10. The van der Waals surface area contributed by atoms with Crippen LogP contribution in [0.2, 0.25) is 0 Å². The van der Waals surface area contributed by atoms with Gasteiger partial charge in [-0.05, 0) is 45.8 Å². The summed E-state index contributed by atoms with van der Waals surface area (Å²) in [4.78, 5) is 2.26. The molecule has 3 nitrogen and oxygen atoms in total. The van der Waals surface area contributed by atoms with E-state index >= 15 is 0 Å². The van der Waals surface area contributed by atoms with E-state index in [1.54, 1.807) is 7.11 Å². The molecule has 0 saturated heterocycles. The molecule has 0 aromatic carbocycles. The zero-order valence-electron chi connectivity index (χ0n) is 11.8. The molecule has 0 saturated carbocycles. The van der Waals surface area contributed by atoms with Crippen LogP contribution in [0.4, 0.5) is 0 Å². The van der Waals surface area contributed by atoms with E-state index in [1.807, 2.05) is 0 Å². The molecule has 16 heavy (non-hydrogen) atoms. The van der Waals surface area contributed by atoms with Crippen molar-refractivity contribution in [1.82, 2.24) is 10.2 Å². The Labute approximate surface area is 102 Å². The number of likely N-dealkylation sites (N-methyl/N-ethyl adjacent to an activating group) is 1. The monoisotopic (exact) mass is 230 g/mol. The van der Waals surface area contributed by atoms with Crippen LogP contribution < -0.4 is 5.32 Å². The Morgan fingerprint density at radius 3 is 2.38 bits per heavy atom. The smallest absolute Gasteiger partial charge is 0.0462 e. The molecule has 98 valence electrons. The summed E-state index contributed by atoms with van der Waals surface area (Å²) in [7, 11) is 6.04. The first-order valence-electron chi connectivity index (χ1n) is 6.43. The number of nitrogens with zero attached hydrogens (tertiary/aromatic N) is 1. The van der Waals surface area contributed by atoms with Crippen LogP contribution >= 0.6 is 0 Å². The van der Waals surface area contributed by atoms with Crippen molar-refractivity contribution in [2.75, 3.05) is 40.9 Å². The summed E-state index contributed by atoms with van der Waals surface area (Å²) >= 11 is 0. The fraction of sp³-hybridized carbons (Fsp3) is 1.00. The number of unbranched alkanes of at least 4 members (excludes halogenated alkanes) is 1. The molecule has 0 aliphatic heterocycles. The van der Waals surface area contributed by atoms with E-state index in [0.29, 0.717) is 6.04 Å². The van der Waals surface area contributed by atoms with Crippen LogP contribution in [0.1, 0.15) is 33.1 Å². The maximum Gasteiger partial charge on any atom is 0.0462 e. The summed E-state index contributed by atoms with van der Waals surface area (Å²) in [6, 6.07) is 0.623. The molecule has 0 heterocycles. The van der Waals surface area contributed by atoms with E-state index in [4.69, 9.17) is 4.74 Å². The summed E-state index contributed by atoms with van der Waals surface area (Å²) < 4.78 is 5.04. The van der Waals surface area contributed by atoms with Gasteiger partial charge in [0.15, 0.2) is 0 Å². The van der Waals surface area contributed by atoms with Crippen molar-refractivity contribution in [3.63, 3.8) is 0 Å². The summed E-state index contributed by atoms with van der Waals surface area (Å²) in [5.41, 5.74) is 0. The number of hydrogen-bond donors (Lipinski definition) is 1. The van der Waals surface area contributed by atoms with Gasteiger partial charge in [-0.15, -0.1) is 0 Å². The minimum atomic E-state index is 0.623. The van der Waals surface area contributed by atoms with E-state index in [0.717, 1.165) is 32.0 Å². The average molecular weight is 230 g/mol. The number of nitrogens with one attached hydrogen (secondary N) is 1. The molecule has 0 aromatic rings. The Hall–Kier alpha value is -0.120. The number of ether oxygens (including phenoxy) is 1. The van der Waals surface area contributed by atoms with Crippen LogP contribution in [-0.4, -0.2) is 51.8 Å². The summed E-state index contributed by atoms with van der Waals surface area (Å²) in [5, 5.41) is 3.64. The van der Waals surface area contributed by atoms with E-state index < -0.39 is 0 Å². The van der Waals surface area contributed by atoms with Crippen molar-refractivity contribution in [2.24, 2.45) is 5.92 Å². The van der Waals surface area contributed by atoms with Gasteiger partial charge in [0.1, 0.15) is 0 Å². The maximum atomic E-state index is 5.04. The molecular formula is C13H30N2O. The zero-order chi connectivity index (χ0) is 12.4. The predicted octanol–water partition coefficient (Wildman–Crippen LogP) is 1.98. The van der Waals surface area contributed by atoms with Crippen LogP contribution in [0.15, 0.2) is 0 Å². The van der Waals surface area contributed by atoms with Crippen LogP contribution in [-0.2, 0) is 4.74 Å². The van der Waals surface area contributed by atoms with Gasteiger partial charge in [-0.3, -0.25) is 0 Å². The van der Waals surface area contributed by atoms with Crippen LogP contribution in [0.5, 0.6) is 0 Å². The molecule has 0 aliphatic rings. The van der Waals surface area contributed by atoms with Crippen molar-refractivity contribution in [1.29, 1.82) is 0 Å². The molecule has 1 N–H and O–H groups in total. The first-order chi connectivity index (χ1) is 7.56. The molecular weight excluding hydrogens is 200 g/mol. The molecule has 0 fully saturated rings. The highest BCUT2D eigenvalue weighted by Crippen LogP contribution is 2.05. The SMILES string of the molecule is COCCCCNC(CC(C)C)CN(C)C. The fourth-order valence-corrected chi connectivity index (χ4v) is 1.91. The largest absolute Gasteiger partial charge is 0.385 e. The molecule has 0 aromatic heterocycles. The maximum absolute atomic E-state index is 5.04. The third-order valence-electron chi connectivity index (χ3n) is 2.55. The highest BCUT2D eigenvalue weighted by molar-refractivity contribution is 4.71. The van der Waals surface area contributed by atoms with Gasteiger partial charge in [-0.25, -0.2) is 0 Å². The summed E-state index contributed by atoms with van der Waals surface area (Å²) in [5.74, 6) is 0.761. The second kappa shape index (κ2) is 10.1. The second-order valence-electron chi connectivity index (χ2n) is 5.24. The van der Waals surface area contributed by atoms with Gasteiger partial charge in [0.25, 0.3) is 0 Å². The van der Waals surface area contributed by atoms with Gasteiger partial charge < -0.3 is 15.0 Å². The van der Waals surface area contributed by atoms with Gasteiger partial charge in [-0.1, -0.05) is 13.8 Å². The van der Waals surface area contributed by atoms with Gasteiger partial charge in [0.2, 0.25) is 0 Å². The van der Waals surface area contributed by atoms with Crippen molar-refractivity contribution >= 4 is 0 Å². The molecule has 0 aliphatic carbocycles. The molecule has 3 heteroatoms. The Bertz CT molecular complexity index is 139. The summed E-state index contributed by atoms with van der Waals surface area (Å²) in [6.45, 7) is 7.69. The lowest BCUT2D eigenvalue weighted by molar-refractivity contribution is 0.191. The zero-order valence-corrected chi connectivity index (χ0v) is 11.8. The van der Waals surface area contributed by atoms with Gasteiger partial charge in [-0.2, -0.15) is 0 Å². The molecule has 0 rings (SSSR count). The summed E-state index contributed by atoms with van der Waals surface area (Å²) in [6.07, 6.45) is 3.61. The Kier molecular flexibility index (Phi) is 9.99. The van der Waals surface area contributed by atoms with Crippen LogP contribution in [0, 0.1) is 5.92 Å². The highest BCUT2D eigenvalue weighted by Gasteiger charge is 2.10. The van der Waals surface area contributed by atoms with E-state index in [9.17, 15) is 0 Å². The quantitative estimate of drug-likeness (QED) is 0.581. The molecule has 1 atom stereocenters. The van der Waals surface area contributed by atoms with Gasteiger partial charge in [0.05, 0.1) is 0 Å². The first kappa shape index (κ1) is 15.9. The van der Waals surface area contributed by atoms with Gasteiger partial charge >= 0.3 is 0 Å². The van der Waals surface area contributed by atoms with Crippen molar-refractivity contribution < 1.29 is 4.74 Å². The van der Waals surface area contributed by atoms with Crippen LogP contribution in [0.3, 0.4) is 0 Å². The second-order valence-corrected chi connectivity index (χ2v) is 5.24. The molecule has 0 bridgehead atoms. The van der Waals surface area contributed by atoms with E-state index in [1.165, 1.54) is 12.8 Å². The fourth-order valence-electron chi connectivity index (χ4n) is 1.91. The topological polar surface area (TPSA) is 24.5 Å². The van der Waals surface area contributed by atoms with Crippen molar-refractivity contribution in [2.45, 2.75) is 39.2 Å². The minimum Gasteiger partial charge on any atom is -0.385 e. The Balaban J connectivity index is 3.65. The van der Waals surface area contributed by atoms with Gasteiger partial charge in [0, 0.05) is 26.3 Å². The Morgan fingerprint density at radius 2 is 1.88 bits per heavy atom. The molecule has 0 spiro atoms. The average Bonchev–Trinajstić information content (AvgIpc) is 2.15. The lowest BCUT2D eigenvalue weighted by Gasteiger charge is -2.24. The highest BCUT2D eigenvalue weighted by atomic mass is 16.5. The molecule has 0 amide bonds. The molecule has 1 unspecified atom stereocenters. The number of methoxy groups -OCH3 is 1. The van der Waals surface area contributed by atoms with E-state index in [2.05, 4.69) is 38.2 Å². The standard InChI is InChI=1S/C13H30N2O/c1-12(2)10-13(11-15(3)4)14-8-6-7-9-16-5/h12-14H,6-11H2,1-5H3. The lowest BCUT2D eigenvalue weighted by Crippen LogP contribution is -2.39. The van der Waals surface area contributed by atoms with E-state index in [-0.39, 0.29) is 0 Å². The normalized spacial score (nSPS) is 13.7. The predicted molar refractivity (Wildman–Crippen MR) is 70.9 cm³/mol. The Morgan fingerprint density at radius 1 is 1.19 bits per heavy atom. The third kappa shape index (κ3) is 10.4. The van der Waals surface area contributed by atoms with Crippen molar-refractivity contribution in [3.8, 4) is 0 Å². The lowest BCUT2D eigenvalue weighted by atomic mass is 10.0. The molecule has 0 radical (unpaired) electrons. The third-order valence-corrected chi connectivity index (χ3v) is 2.55. The minimum absolute atomic E-state index is 0.623. The number of hydrogen-bond acceptors (Lipinski definition) is 3. The van der Waals surface area contributed by atoms with Crippen LogP contribution in [0.25, 0.3) is 0 Å².